The van der Waals surface area contributed by atoms with Crippen molar-refractivity contribution < 1.29 is 37.5 Å². The molecule has 48 heavy (non-hydrogen) atoms. The van der Waals surface area contributed by atoms with Gasteiger partial charge in [0.25, 0.3) is 0 Å². The average Bonchev–Trinajstić information content (AvgIpc) is 3.46. The van der Waals surface area contributed by atoms with Gasteiger partial charge in [-0.1, -0.05) is 73.2 Å². The summed E-state index contributed by atoms with van der Waals surface area (Å²) in [5.41, 5.74) is 1.55. The van der Waals surface area contributed by atoms with E-state index in [1.54, 1.807) is 14.0 Å². The molecule has 0 bridgehead atoms. The second-order valence-corrected chi connectivity index (χ2v) is 21.0. The second-order valence-electron chi connectivity index (χ2n) is 14.0. The average molecular weight is 724 g/mol. The minimum absolute atomic E-state index is 0.0332. The molecule has 0 aliphatic heterocycles. The summed E-state index contributed by atoms with van der Waals surface area (Å²) in [6.07, 6.45) is 1.52. The Kier molecular flexibility index (Phi) is 15.3. The molecule has 1 heterocycles. The predicted octanol–water partition coefficient (Wildman–Crippen LogP) is 6.46. The van der Waals surface area contributed by atoms with E-state index in [4.69, 9.17) is 22.8 Å². The third-order valence-electron chi connectivity index (χ3n) is 9.96. The summed E-state index contributed by atoms with van der Waals surface area (Å²) in [6, 6.07) is -0.682. The lowest BCUT2D eigenvalue weighted by atomic mass is 9.99. The Morgan fingerprint density at radius 2 is 1.58 bits per heavy atom. The number of esters is 1. The Balaban J connectivity index is 2.85. The Morgan fingerprint density at radius 1 is 1.02 bits per heavy atom. The Morgan fingerprint density at radius 3 is 2.04 bits per heavy atom. The molecule has 1 aromatic carbocycles. The van der Waals surface area contributed by atoms with Crippen LogP contribution in [0.1, 0.15) is 94.6 Å². The monoisotopic (exact) mass is 723 g/mol. The molecule has 0 saturated carbocycles. The largest absolute Gasteiger partial charge is 0.543 e. The second kappa shape index (κ2) is 17.7. The number of aromatic nitrogens is 2. The molecule has 270 valence electrons. The van der Waals surface area contributed by atoms with E-state index in [0.717, 1.165) is 0 Å². The number of nitrogens with one attached hydrogen (secondary N) is 1. The molecule has 1 aromatic heterocycles. The van der Waals surface area contributed by atoms with Crippen molar-refractivity contribution >= 4 is 41.7 Å². The molecule has 0 aliphatic carbocycles. The van der Waals surface area contributed by atoms with E-state index < -0.39 is 42.6 Å². The van der Waals surface area contributed by atoms with Gasteiger partial charge >= 0.3 is 5.97 Å². The summed E-state index contributed by atoms with van der Waals surface area (Å²) in [4.78, 5) is 30.3. The maximum atomic E-state index is 13.8. The quantitative estimate of drug-likeness (QED) is 0.0937. The first kappa shape index (κ1) is 41.4. The standard InChI is InChI=1S/C34H57N3O8SSi2/c1-15-16-42-32(40)27-22(6)28(41-12)30(45-48(14)34(10,11)21(4)5)29(44-47(13)33(8,9)20(2)3)24(27)18-46-19-25(36-26(39)17-38)31-35-23(7)37-43-31/h15,20-21,25,38,47-48H,1,16-19H2,2-14H3,(H,36,39). The highest BCUT2D eigenvalue weighted by atomic mass is 32.2. The lowest BCUT2D eigenvalue weighted by Gasteiger charge is -2.38. The highest BCUT2D eigenvalue weighted by Crippen LogP contribution is 2.51. The number of nitrogens with zero attached hydrogens (tertiary/aromatic N) is 2. The van der Waals surface area contributed by atoms with E-state index in [0.29, 0.717) is 63.1 Å². The van der Waals surface area contributed by atoms with Gasteiger partial charge in [0.2, 0.25) is 29.9 Å². The van der Waals surface area contributed by atoms with Crippen LogP contribution in [-0.2, 0) is 15.3 Å². The van der Waals surface area contributed by atoms with Crippen molar-refractivity contribution in [1.29, 1.82) is 0 Å². The number of carbonyl (C=O) groups is 2. The summed E-state index contributed by atoms with van der Waals surface area (Å²) in [7, 11) is -2.40. The highest BCUT2D eigenvalue weighted by molar-refractivity contribution is 7.98. The normalized spacial score (nSPS) is 14.0. The lowest BCUT2D eigenvalue weighted by Crippen LogP contribution is -2.37. The van der Waals surface area contributed by atoms with E-state index in [1.165, 1.54) is 17.8 Å². The zero-order valence-corrected chi connectivity index (χ0v) is 34.2. The smallest absolute Gasteiger partial charge is 0.339 e. The summed E-state index contributed by atoms with van der Waals surface area (Å²) >= 11 is 1.44. The van der Waals surface area contributed by atoms with Gasteiger partial charge < -0.3 is 33.3 Å². The highest BCUT2D eigenvalue weighted by Gasteiger charge is 2.39. The Hall–Kier alpha value is -2.82. The van der Waals surface area contributed by atoms with Gasteiger partial charge in [0.15, 0.2) is 23.1 Å². The number of carbonyl (C=O) groups excluding carboxylic acids is 2. The van der Waals surface area contributed by atoms with Crippen LogP contribution in [0.3, 0.4) is 0 Å². The van der Waals surface area contributed by atoms with Crippen LogP contribution in [0.4, 0.5) is 0 Å². The van der Waals surface area contributed by atoms with Crippen molar-refractivity contribution in [1.82, 2.24) is 15.5 Å². The fraction of sp³-hybridized carbons (Fsp3) is 0.647. The SMILES string of the molecule is C=CCOC(=O)c1c(C)c(OC)c(O[SiH](C)C(C)(C)C(C)C)c(O[SiH](C)C(C)(C)C(C)C)c1CSCC(NC(=O)CO)c1nc(C)no1. The number of rotatable bonds is 19. The van der Waals surface area contributed by atoms with Crippen LogP contribution in [0.25, 0.3) is 0 Å². The number of ether oxygens (including phenoxy) is 2. The van der Waals surface area contributed by atoms with Gasteiger partial charge in [-0.25, -0.2) is 4.79 Å². The molecule has 3 atom stereocenters. The van der Waals surface area contributed by atoms with Gasteiger partial charge in [0, 0.05) is 22.6 Å². The lowest BCUT2D eigenvalue weighted by molar-refractivity contribution is -0.124. The molecule has 0 fully saturated rings. The first-order valence-electron chi connectivity index (χ1n) is 16.5. The van der Waals surface area contributed by atoms with Gasteiger partial charge in [-0.2, -0.15) is 16.7 Å². The molecular weight excluding hydrogens is 667 g/mol. The Bertz CT molecular complexity index is 1410. The van der Waals surface area contributed by atoms with Crippen LogP contribution in [0, 0.1) is 25.7 Å². The van der Waals surface area contributed by atoms with Gasteiger partial charge in [-0.15, -0.1) is 0 Å². The zero-order valence-electron chi connectivity index (χ0n) is 31.1. The fourth-order valence-corrected chi connectivity index (χ4v) is 9.42. The van der Waals surface area contributed by atoms with Gasteiger partial charge in [-0.3, -0.25) is 4.79 Å². The summed E-state index contributed by atoms with van der Waals surface area (Å²) in [5, 5.41) is 15.9. The molecular formula is C34H57N3O8SSi2. The van der Waals surface area contributed by atoms with Crippen molar-refractivity contribution in [3.8, 4) is 17.2 Å². The predicted molar refractivity (Wildman–Crippen MR) is 196 cm³/mol. The molecule has 1 amide bonds. The fourth-order valence-electron chi connectivity index (χ4n) is 4.71. The van der Waals surface area contributed by atoms with E-state index >= 15 is 0 Å². The van der Waals surface area contributed by atoms with E-state index in [1.807, 2.05) is 6.92 Å². The summed E-state index contributed by atoms with van der Waals surface area (Å²) in [6.45, 7) is 28.6. The third kappa shape index (κ3) is 9.88. The number of amides is 1. The molecule has 14 heteroatoms. The molecule has 11 nitrogen and oxygen atoms in total. The van der Waals surface area contributed by atoms with Crippen LogP contribution >= 0.6 is 11.8 Å². The number of aryl methyl sites for hydroxylation is 1. The number of hydrogen-bond donors (Lipinski definition) is 2. The van der Waals surface area contributed by atoms with Gasteiger partial charge in [0.05, 0.1) is 12.7 Å². The third-order valence-corrected chi connectivity index (χ3v) is 17.7. The number of aliphatic hydroxyl groups excluding tert-OH is 1. The van der Waals surface area contributed by atoms with E-state index in [-0.39, 0.29) is 22.6 Å². The number of hydrogen-bond acceptors (Lipinski definition) is 11. The van der Waals surface area contributed by atoms with Crippen molar-refractivity contribution in [3.63, 3.8) is 0 Å². The molecule has 0 aliphatic rings. The van der Waals surface area contributed by atoms with Crippen molar-refractivity contribution in [2.45, 2.75) is 104 Å². The van der Waals surface area contributed by atoms with E-state index in [9.17, 15) is 14.7 Å². The first-order chi connectivity index (χ1) is 22.3. The number of benzene rings is 1. The molecule has 2 aromatic rings. The van der Waals surface area contributed by atoms with Crippen molar-refractivity contribution in [2.75, 3.05) is 26.1 Å². The minimum Gasteiger partial charge on any atom is -0.543 e. The maximum absolute atomic E-state index is 13.8. The molecule has 0 saturated heterocycles. The topological polar surface area (TPSA) is 142 Å². The van der Waals surface area contributed by atoms with Crippen molar-refractivity contribution in [3.05, 3.63) is 41.1 Å². The Labute approximate surface area is 294 Å². The maximum Gasteiger partial charge on any atom is 0.339 e. The van der Waals surface area contributed by atoms with Crippen LogP contribution in [0.15, 0.2) is 17.2 Å². The van der Waals surface area contributed by atoms with E-state index in [2.05, 4.69) is 90.5 Å². The summed E-state index contributed by atoms with van der Waals surface area (Å²) < 4.78 is 31.1. The van der Waals surface area contributed by atoms with Crippen LogP contribution in [0.5, 0.6) is 17.2 Å². The van der Waals surface area contributed by atoms with Gasteiger partial charge in [0.1, 0.15) is 19.3 Å². The summed E-state index contributed by atoms with van der Waals surface area (Å²) in [5.74, 6) is 2.28. The number of aliphatic hydroxyl groups is 1. The molecule has 0 spiro atoms. The van der Waals surface area contributed by atoms with Crippen LogP contribution in [-0.4, -0.2) is 71.3 Å². The number of methoxy groups -OCH3 is 1. The van der Waals surface area contributed by atoms with Crippen LogP contribution < -0.4 is 18.9 Å². The van der Waals surface area contributed by atoms with Gasteiger partial charge in [-0.05, 0) is 48.9 Å². The molecule has 2 N–H and O–H groups in total. The molecule has 2 rings (SSSR count). The number of thioether (sulfide) groups is 1. The van der Waals surface area contributed by atoms with Crippen LogP contribution in [0.2, 0.25) is 23.2 Å². The molecule has 0 radical (unpaired) electrons. The first-order valence-corrected chi connectivity index (χ1v) is 22.0. The molecule has 3 unspecified atom stereocenters. The van der Waals surface area contributed by atoms with Crippen molar-refractivity contribution in [2.24, 2.45) is 11.8 Å². The zero-order chi connectivity index (χ0) is 36.6. The minimum atomic E-state index is -2.02.